The second-order valence-electron chi connectivity index (χ2n) is 3.67. The Labute approximate surface area is 116 Å². The van der Waals surface area contributed by atoms with Gasteiger partial charge in [0.2, 0.25) is 0 Å². The van der Waals surface area contributed by atoms with E-state index in [4.69, 9.17) is 27.9 Å². The number of anilines is 1. The minimum atomic E-state index is 0.578. The van der Waals surface area contributed by atoms with E-state index in [1.165, 1.54) is 0 Å². The van der Waals surface area contributed by atoms with Crippen LogP contribution in [0.1, 0.15) is 5.56 Å². The van der Waals surface area contributed by atoms with Crippen LogP contribution in [0.25, 0.3) is 0 Å². The van der Waals surface area contributed by atoms with Gasteiger partial charge in [0.1, 0.15) is 5.75 Å². The average Bonchev–Trinajstić information content (AvgIpc) is 2.39. The SMILES string of the molecule is COc1ccc(Cl)c(NCc2ccncc2Cl)c1. The van der Waals surface area contributed by atoms with Crippen LogP contribution in [0.5, 0.6) is 5.75 Å². The Kier molecular flexibility index (Phi) is 4.28. The number of aromatic nitrogens is 1. The molecule has 0 aliphatic carbocycles. The van der Waals surface area contributed by atoms with Crippen molar-refractivity contribution in [3.63, 3.8) is 0 Å². The van der Waals surface area contributed by atoms with Crippen LogP contribution in [-0.4, -0.2) is 12.1 Å². The van der Waals surface area contributed by atoms with E-state index in [1.54, 1.807) is 25.6 Å². The number of halogens is 2. The summed E-state index contributed by atoms with van der Waals surface area (Å²) in [7, 11) is 1.62. The highest BCUT2D eigenvalue weighted by Crippen LogP contribution is 2.27. The van der Waals surface area contributed by atoms with E-state index in [-0.39, 0.29) is 0 Å². The molecule has 1 N–H and O–H groups in total. The number of hydrogen-bond donors (Lipinski definition) is 1. The second kappa shape index (κ2) is 5.94. The third-order valence-corrected chi connectivity index (χ3v) is 3.17. The number of methoxy groups -OCH3 is 1. The average molecular weight is 283 g/mol. The van der Waals surface area contributed by atoms with Gasteiger partial charge in [0.25, 0.3) is 0 Å². The largest absolute Gasteiger partial charge is 0.497 e. The second-order valence-corrected chi connectivity index (χ2v) is 4.48. The van der Waals surface area contributed by atoms with E-state index < -0.39 is 0 Å². The Bertz CT molecular complexity index is 546. The maximum absolute atomic E-state index is 6.10. The highest BCUT2D eigenvalue weighted by Gasteiger charge is 2.04. The number of nitrogens with zero attached hydrogens (tertiary/aromatic N) is 1. The smallest absolute Gasteiger partial charge is 0.121 e. The Hall–Kier alpha value is -1.45. The number of hydrogen-bond acceptors (Lipinski definition) is 3. The molecule has 0 fully saturated rings. The highest BCUT2D eigenvalue weighted by atomic mass is 35.5. The molecule has 0 radical (unpaired) electrons. The minimum Gasteiger partial charge on any atom is -0.497 e. The summed E-state index contributed by atoms with van der Waals surface area (Å²) in [5.41, 5.74) is 1.77. The van der Waals surface area contributed by atoms with E-state index in [0.717, 1.165) is 17.0 Å². The molecule has 0 spiro atoms. The van der Waals surface area contributed by atoms with Crippen molar-refractivity contribution in [2.75, 3.05) is 12.4 Å². The summed E-state index contributed by atoms with van der Waals surface area (Å²) in [6, 6.07) is 7.31. The normalized spacial score (nSPS) is 10.2. The first kappa shape index (κ1) is 13.0. The first-order valence-corrected chi connectivity index (χ1v) is 6.12. The number of pyridine rings is 1. The highest BCUT2D eigenvalue weighted by molar-refractivity contribution is 6.33. The van der Waals surface area contributed by atoms with E-state index in [9.17, 15) is 0 Å². The molecule has 0 amide bonds. The molecular formula is C13H12Cl2N2O. The van der Waals surface area contributed by atoms with Crippen molar-refractivity contribution in [3.8, 4) is 5.75 Å². The lowest BCUT2D eigenvalue weighted by Crippen LogP contribution is -2.01. The van der Waals surface area contributed by atoms with Crippen molar-refractivity contribution in [2.24, 2.45) is 0 Å². The number of ether oxygens (including phenoxy) is 1. The molecule has 94 valence electrons. The lowest BCUT2D eigenvalue weighted by molar-refractivity contribution is 0.415. The van der Waals surface area contributed by atoms with Gasteiger partial charge in [-0.25, -0.2) is 0 Å². The molecule has 0 aliphatic heterocycles. The topological polar surface area (TPSA) is 34.1 Å². The molecule has 0 aliphatic rings. The van der Waals surface area contributed by atoms with Crippen LogP contribution in [0.15, 0.2) is 36.7 Å². The molecule has 2 aromatic rings. The van der Waals surface area contributed by atoms with E-state index in [2.05, 4.69) is 10.3 Å². The van der Waals surface area contributed by atoms with Crippen LogP contribution in [0.4, 0.5) is 5.69 Å². The van der Waals surface area contributed by atoms with Crippen molar-refractivity contribution >= 4 is 28.9 Å². The van der Waals surface area contributed by atoms with Gasteiger partial charge in [-0.05, 0) is 23.8 Å². The van der Waals surface area contributed by atoms with Gasteiger partial charge >= 0.3 is 0 Å². The summed E-state index contributed by atoms with van der Waals surface area (Å²) in [5.74, 6) is 0.753. The molecule has 5 heteroatoms. The van der Waals surface area contributed by atoms with Gasteiger partial charge in [-0.2, -0.15) is 0 Å². The molecule has 0 unspecified atom stereocenters. The summed E-state index contributed by atoms with van der Waals surface area (Å²) >= 11 is 12.1. The van der Waals surface area contributed by atoms with E-state index >= 15 is 0 Å². The Balaban J connectivity index is 2.13. The van der Waals surface area contributed by atoms with Crippen LogP contribution in [0, 0.1) is 0 Å². The van der Waals surface area contributed by atoms with Crippen LogP contribution >= 0.6 is 23.2 Å². The molecule has 1 heterocycles. The Morgan fingerprint density at radius 2 is 2.06 bits per heavy atom. The fraction of sp³-hybridized carbons (Fsp3) is 0.154. The van der Waals surface area contributed by atoms with Crippen LogP contribution in [0.2, 0.25) is 10.0 Å². The maximum atomic E-state index is 6.10. The van der Waals surface area contributed by atoms with Crippen LogP contribution in [0.3, 0.4) is 0 Å². The fourth-order valence-electron chi connectivity index (χ4n) is 1.50. The summed E-state index contributed by atoms with van der Waals surface area (Å²) < 4.78 is 5.15. The zero-order valence-corrected chi connectivity index (χ0v) is 11.3. The number of rotatable bonds is 4. The predicted octanol–water partition coefficient (Wildman–Crippen LogP) is 4.01. The molecule has 0 atom stereocenters. The molecule has 0 saturated carbocycles. The van der Waals surface area contributed by atoms with Crippen molar-refractivity contribution in [2.45, 2.75) is 6.54 Å². The molecular weight excluding hydrogens is 271 g/mol. The van der Waals surface area contributed by atoms with Crippen molar-refractivity contribution in [1.82, 2.24) is 4.98 Å². The molecule has 0 bridgehead atoms. The number of benzene rings is 1. The van der Waals surface area contributed by atoms with Crippen molar-refractivity contribution in [1.29, 1.82) is 0 Å². The van der Waals surface area contributed by atoms with Gasteiger partial charge in [-0.1, -0.05) is 23.2 Å². The molecule has 0 saturated heterocycles. The lowest BCUT2D eigenvalue weighted by Gasteiger charge is -2.10. The quantitative estimate of drug-likeness (QED) is 0.920. The number of nitrogens with one attached hydrogen (secondary N) is 1. The Morgan fingerprint density at radius 3 is 2.78 bits per heavy atom. The van der Waals surface area contributed by atoms with Gasteiger partial charge in [0.05, 0.1) is 22.8 Å². The zero-order valence-electron chi connectivity index (χ0n) is 9.78. The summed E-state index contributed by atoms with van der Waals surface area (Å²) in [6.07, 6.45) is 3.32. The minimum absolute atomic E-state index is 0.578. The van der Waals surface area contributed by atoms with Gasteiger partial charge in [-0.15, -0.1) is 0 Å². The van der Waals surface area contributed by atoms with E-state index in [1.807, 2.05) is 18.2 Å². The summed E-state index contributed by atoms with van der Waals surface area (Å²) in [6.45, 7) is 0.578. The summed E-state index contributed by atoms with van der Waals surface area (Å²) in [4.78, 5) is 3.94. The third kappa shape index (κ3) is 3.06. The first-order chi connectivity index (χ1) is 8.70. The van der Waals surface area contributed by atoms with Crippen LogP contribution in [-0.2, 0) is 6.54 Å². The predicted molar refractivity (Wildman–Crippen MR) is 74.6 cm³/mol. The Morgan fingerprint density at radius 1 is 1.22 bits per heavy atom. The lowest BCUT2D eigenvalue weighted by atomic mass is 10.2. The first-order valence-electron chi connectivity index (χ1n) is 5.36. The molecule has 1 aromatic carbocycles. The molecule has 3 nitrogen and oxygen atoms in total. The van der Waals surface area contributed by atoms with Gasteiger partial charge in [-0.3, -0.25) is 4.98 Å². The summed E-state index contributed by atoms with van der Waals surface area (Å²) in [5, 5.41) is 4.49. The van der Waals surface area contributed by atoms with Crippen molar-refractivity contribution < 1.29 is 4.74 Å². The molecule has 2 rings (SSSR count). The van der Waals surface area contributed by atoms with E-state index in [0.29, 0.717) is 16.6 Å². The molecule has 18 heavy (non-hydrogen) atoms. The van der Waals surface area contributed by atoms with Gasteiger partial charge < -0.3 is 10.1 Å². The standard InChI is InChI=1S/C13H12Cl2N2O/c1-18-10-2-3-11(14)13(6-10)17-7-9-4-5-16-8-12(9)15/h2-6,8,17H,7H2,1H3. The van der Waals surface area contributed by atoms with Crippen molar-refractivity contribution in [3.05, 3.63) is 52.3 Å². The maximum Gasteiger partial charge on any atom is 0.121 e. The monoisotopic (exact) mass is 282 g/mol. The van der Waals surface area contributed by atoms with Gasteiger partial charge in [0.15, 0.2) is 0 Å². The molecule has 1 aromatic heterocycles. The third-order valence-electron chi connectivity index (χ3n) is 2.50. The zero-order chi connectivity index (χ0) is 13.0. The van der Waals surface area contributed by atoms with Gasteiger partial charge in [0, 0.05) is 25.0 Å². The van der Waals surface area contributed by atoms with Crippen LogP contribution < -0.4 is 10.1 Å². The fourth-order valence-corrected chi connectivity index (χ4v) is 1.88.